The van der Waals surface area contributed by atoms with Crippen LogP contribution in [0, 0.1) is 0 Å². The van der Waals surface area contributed by atoms with Gasteiger partial charge in [0.2, 0.25) is 0 Å². The highest BCUT2D eigenvalue weighted by Crippen LogP contribution is 2.14. The van der Waals surface area contributed by atoms with Crippen molar-refractivity contribution in [2.75, 3.05) is 25.5 Å². The van der Waals surface area contributed by atoms with Gasteiger partial charge in [0.25, 0.3) is 0 Å². The number of nitrogens with one attached hydrogen (secondary N) is 3. The standard InChI is InChI=1S/C19H27N7O.HI/c1-20-18(22-14-17-8-9-23-25(17)2)21-13-15-6-5-7-16(12-15)24-19(27)26-10-3-4-11-26;/h5-9,12H,3-4,10-11,13-14H2,1-2H3,(H,24,27)(H2,20,21,22);1H. The molecule has 2 amide bonds. The number of nitrogens with zero attached hydrogens (tertiary/aromatic N) is 4. The van der Waals surface area contributed by atoms with E-state index >= 15 is 0 Å². The maximum absolute atomic E-state index is 12.2. The summed E-state index contributed by atoms with van der Waals surface area (Å²) < 4.78 is 1.83. The summed E-state index contributed by atoms with van der Waals surface area (Å²) in [5.41, 5.74) is 2.95. The average molecular weight is 497 g/mol. The van der Waals surface area contributed by atoms with Gasteiger partial charge in [0.15, 0.2) is 5.96 Å². The molecule has 1 aromatic heterocycles. The Morgan fingerprint density at radius 1 is 1.18 bits per heavy atom. The lowest BCUT2D eigenvalue weighted by Crippen LogP contribution is -2.36. The van der Waals surface area contributed by atoms with Crippen molar-refractivity contribution >= 4 is 41.7 Å². The van der Waals surface area contributed by atoms with E-state index in [1.807, 2.05) is 47.0 Å². The maximum Gasteiger partial charge on any atom is 0.321 e. The summed E-state index contributed by atoms with van der Waals surface area (Å²) in [6, 6.07) is 9.80. The first-order valence-corrected chi connectivity index (χ1v) is 9.22. The van der Waals surface area contributed by atoms with Gasteiger partial charge in [0.05, 0.1) is 12.2 Å². The second-order valence-corrected chi connectivity index (χ2v) is 6.55. The molecular formula is C19H28IN7O. The van der Waals surface area contributed by atoms with Crippen LogP contribution >= 0.6 is 24.0 Å². The monoisotopic (exact) mass is 497 g/mol. The molecular weight excluding hydrogens is 469 g/mol. The van der Waals surface area contributed by atoms with Gasteiger partial charge in [-0.2, -0.15) is 5.10 Å². The quantitative estimate of drug-likeness (QED) is 0.337. The molecule has 1 aromatic carbocycles. The van der Waals surface area contributed by atoms with Gasteiger partial charge in [-0.3, -0.25) is 9.67 Å². The number of aliphatic imine (C=N–C) groups is 1. The van der Waals surface area contributed by atoms with E-state index in [-0.39, 0.29) is 30.0 Å². The van der Waals surface area contributed by atoms with Crippen LogP contribution in [0.1, 0.15) is 24.1 Å². The zero-order valence-corrected chi connectivity index (χ0v) is 18.6. The molecule has 0 radical (unpaired) electrons. The van der Waals surface area contributed by atoms with Crippen molar-refractivity contribution in [3.8, 4) is 0 Å². The Morgan fingerprint density at radius 3 is 2.61 bits per heavy atom. The van der Waals surface area contributed by atoms with Crippen molar-refractivity contribution in [1.29, 1.82) is 0 Å². The first-order chi connectivity index (χ1) is 13.2. The highest BCUT2D eigenvalue weighted by atomic mass is 127. The number of anilines is 1. The zero-order chi connectivity index (χ0) is 19.1. The van der Waals surface area contributed by atoms with E-state index < -0.39 is 0 Å². The van der Waals surface area contributed by atoms with Crippen LogP contribution < -0.4 is 16.0 Å². The summed E-state index contributed by atoms with van der Waals surface area (Å²) in [4.78, 5) is 18.3. The number of hydrogen-bond acceptors (Lipinski definition) is 3. The predicted molar refractivity (Wildman–Crippen MR) is 122 cm³/mol. The lowest BCUT2D eigenvalue weighted by atomic mass is 10.2. The van der Waals surface area contributed by atoms with Gasteiger partial charge < -0.3 is 20.9 Å². The predicted octanol–water partition coefficient (Wildman–Crippen LogP) is 2.53. The number of amides is 2. The summed E-state index contributed by atoms with van der Waals surface area (Å²) in [6.07, 6.45) is 3.94. The molecule has 3 N–H and O–H groups in total. The first kappa shape index (κ1) is 22.0. The number of hydrogen-bond donors (Lipinski definition) is 3. The molecule has 1 fully saturated rings. The largest absolute Gasteiger partial charge is 0.352 e. The minimum absolute atomic E-state index is 0. The summed E-state index contributed by atoms with van der Waals surface area (Å²) >= 11 is 0. The normalized spacial score (nSPS) is 13.8. The van der Waals surface area contributed by atoms with Gasteiger partial charge in [-0.05, 0) is 36.6 Å². The fraction of sp³-hybridized carbons (Fsp3) is 0.421. The van der Waals surface area contributed by atoms with Crippen LogP contribution in [0.3, 0.4) is 0 Å². The molecule has 2 aromatic rings. The molecule has 9 heteroatoms. The second-order valence-electron chi connectivity index (χ2n) is 6.55. The lowest BCUT2D eigenvalue weighted by Gasteiger charge is -2.17. The van der Waals surface area contributed by atoms with Gasteiger partial charge in [0, 0.05) is 45.6 Å². The third-order valence-electron chi connectivity index (χ3n) is 4.61. The third-order valence-corrected chi connectivity index (χ3v) is 4.61. The van der Waals surface area contributed by atoms with Gasteiger partial charge in [-0.25, -0.2) is 4.79 Å². The summed E-state index contributed by atoms with van der Waals surface area (Å²) in [7, 11) is 3.65. The minimum atomic E-state index is -0.0220. The first-order valence-electron chi connectivity index (χ1n) is 9.22. The van der Waals surface area contributed by atoms with E-state index in [2.05, 4.69) is 26.0 Å². The van der Waals surface area contributed by atoms with Crippen molar-refractivity contribution in [2.45, 2.75) is 25.9 Å². The summed E-state index contributed by atoms with van der Waals surface area (Å²) in [6.45, 7) is 2.93. The van der Waals surface area contributed by atoms with Crippen LogP contribution in [0.5, 0.6) is 0 Å². The molecule has 8 nitrogen and oxygen atoms in total. The molecule has 28 heavy (non-hydrogen) atoms. The van der Waals surface area contributed by atoms with Crippen LogP contribution in [0.15, 0.2) is 41.5 Å². The Bertz CT molecular complexity index is 799. The van der Waals surface area contributed by atoms with Crippen LogP contribution in [0.25, 0.3) is 0 Å². The van der Waals surface area contributed by atoms with Crippen LogP contribution in [-0.4, -0.2) is 46.8 Å². The molecule has 2 heterocycles. The topological polar surface area (TPSA) is 86.6 Å². The highest BCUT2D eigenvalue weighted by Gasteiger charge is 2.17. The zero-order valence-electron chi connectivity index (χ0n) is 16.3. The second kappa shape index (κ2) is 10.9. The molecule has 0 atom stereocenters. The maximum atomic E-state index is 12.2. The summed E-state index contributed by atoms with van der Waals surface area (Å²) in [5.74, 6) is 0.711. The SMILES string of the molecule is CN=C(NCc1cccc(NC(=O)N2CCCC2)c1)NCc1ccnn1C.I. The van der Waals surface area contributed by atoms with Crippen molar-refractivity contribution in [3.05, 3.63) is 47.8 Å². The van der Waals surface area contributed by atoms with Gasteiger partial charge in [0.1, 0.15) is 0 Å². The average Bonchev–Trinajstić information content (AvgIpc) is 3.34. The summed E-state index contributed by atoms with van der Waals surface area (Å²) in [5, 5.41) is 13.7. The third kappa shape index (κ3) is 6.11. The van der Waals surface area contributed by atoms with E-state index in [1.54, 1.807) is 13.2 Å². The smallest absolute Gasteiger partial charge is 0.321 e. The Morgan fingerprint density at radius 2 is 1.93 bits per heavy atom. The minimum Gasteiger partial charge on any atom is -0.352 e. The molecule has 1 aliphatic rings. The van der Waals surface area contributed by atoms with E-state index in [0.29, 0.717) is 19.0 Å². The molecule has 0 bridgehead atoms. The fourth-order valence-electron chi connectivity index (χ4n) is 3.04. The number of carbonyl (C=O) groups excluding carboxylic acids is 1. The number of likely N-dealkylation sites (tertiary alicyclic amines) is 1. The van der Waals surface area contributed by atoms with E-state index in [0.717, 1.165) is 42.9 Å². The Labute approximate surface area is 182 Å². The molecule has 1 aliphatic heterocycles. The molecule has 0 saturated carbocycles. The molecule has 3 rings (SSSR count). The number of guanidine groups is 1. The number of aromatic nitrogens is 2. The Hall–Kier alpha value is -2.30. The number of rotatable bonds is 5. The molecule has 152 valence electrons. The number of halogens is 1. The Balaban J connectivity index is 0.00000280. The molecule has 0 spiro atoms. The molecule has 0 aliphatic carbocycles. The van der Waals surface area contributed by atoms with E-state index in [9.17, 15) is 4.79 Å². The van der Waals surface area contributed by atoms with Crippen molar-refractivity contribution in [3.63, 3.8) is 0 Å². The fourth-order valence-corrected chi connectivity index (χ4v) is 3.04. The van der Waals surface area contributed by atoms with Gasteiger partial charge in [-0.15, -0.1) is 24.0 Å². The van der Waals surface area contributed by atoms with Crippen molar-refractivity contribution in [1.82, 2.24) is 25.3 Å². The van der Waals surface area contributed by atoms with Gasteiger partial charge >= 0.3 is 6.03 Å². The van der Waals surface area contributed by atoms with Crippen molar-refractivity contribution < 1.29 is 4.79 Å². The van der Waals surface area contributed by atoms with Crippen LogP contribution in [0.2, 0.25) is 0 Å². The Kier molecular flexibility index (Phi) is 8.55. The van der Waals surface area contributed by atoms with Crippen LogP contribution in [0.4, 0.5) is 10.5 Å². The molecule has 0 unspecified atom stereocenters. The number of urea groups is 1. The lowest BCUT2D eigenvalue weighted by molar-refractivity contribution is 0.222. The van der Waals surface area contributed by atoms with Gasteiger partial charge in [-0.1, -0.05) is 12.1 Å². The van der Waals surface area contributed by atoms with E-state index in [1.165, 1.54) is 0 Å². The molecule has 1 saturated heterocycles. The highest BCUT2D eigenvalue weighted by molar-refractivity contribution is 14.0. The van der Waals surface area contributed by atoms with Crippen LogP contribution in [-0.2, 0) is 20.1 Å². The number of benzene rings is 1. The number of aryl methyl sites for hydroxylation is 1. The number of carbonyl (C=O) groups is 1. The van der Waals surface area contributed by atoms with E-state index in [4.69, 9.17) is 0 Å². The van der Waals surface area contributed by atoms with Crippen molar-refractivity contribution in [2.24, 2.45) is 12.0 Å².